The highest BCUT2D eigenvalue weighted by Gasteiger charge is 2.51. The summed E-state index contributed by atoms with van der Waals surface area (Å²) in [5.41, 5.74) is 1.16. The molecule has 0 bridgehead atoms. The number of hydrogen-bond donors (Lipinski definition) is 0. The van der Waals surface area contributed by atoms with E-state index in [9.17, 15) is 4.79 Å². The van der Waals surface area contributed by atoms with E-state index in [4.69, 9.17) is 17.7 Å². The Kier molecular flexibility index (Phi) is 12.3. The summed E-state index contributed by atoms with van der Waals surface area (Å²) in [5.74, 6) is -0.435. The molecule has 0 heterocycles. The van der Waals surface area contributed by atoms with Crippen LogP contribution in [-0.2, 0) is 22.5 Å². The minimum atomic E-state index is -2.87. The van der Waals surface area contributed by atoms with Crippen LogP contribution < -0.4 is 0 Å². The van der Waals surface area contributed by atoms with Crippen LogP contribution in [0.2, 0.25) is 22.7 Å². The zero-order chi connectivity index (χ0) is 21.3. The van der Waals surface area contributed by atoms with Gasteiger partial charge in [-0.15, -0.1) is 0 Å². The van der Waals surface area contributed by atoms with Crippen molar-refractivity contribution in [2.24, 2.45) is 5.92 Å². The smallest absolute Gasteiger partial charge is 0.501 e. The SMILES string of the molecule is CCO[Si](CC(C)C(=O)O[Si](C(C)C)(C(C)C)C(C)CC)(OCC)OCC. The zero-order valence-corrected chi connectivity index (χ0v) is 21.4. The molecule has 27 heavy (non-hydrogen) atoms. The van der Waals surface area contributed by atoms with Crippen LogP contribution in [0, 0.1) is 5.92 Å². The molecule has 0 spiro atoms. The topological polar surface area (TPSA) is 54.0 Å². The Balaban J connectivity index is 5.54. The van der Waals surface area contributed by atoms with Crippen molar-refractivity contribution in [3.8, 4) is 0 Å². The molecule has 0 N–H and O–H groups in total. The summed E-state index contributed by atoms with van der Waals surface area (Å²) in [6.45, 7) is 22.5. The van der Waals surface area contributed by atoms with Crippen LogP contribution in [0.15, 0.2) is 0 Å². The first kappa shape index (κ1) is 26.8. The summed E-state index contributed by atoms with van der Waals surface area (Å²) in [4.78, 5) is 13.1. The lowest BCUT2D eigenvalue weighted by molar-refractivity contribution is -0.139. The molecular weight excluding hydrogens is 376 g/mol. The van der Waals surface area contributed by atoms with Gasteiger partial charge in [-0.2, -0.15) is 0 Å². The van der Waals surface area contributed by atoms with Crippen molar-refractivity contribution in [2.75, 3.05) is 19.8 Å². The van der Waals surface area contributed by atoms with Crippen molar-refractivity contribution >= 4 is 23.1 Å². The Hall–Kier alpha value is -0.216. The maximum atomic E-state index is 13.1. The third kappa shape index (κ3) is 6.96. The van der Waals surface area contributed by atoms with E-state index in [1.165, 1.54) is 0 Å². The van der Waals surface area contributed by atoms with Crippen molar-refractivity contribution in [1.82, 2.24) is 0 Å². The Morgan fingerprint density at radius 3 is 1.48 bits per heavy atom. The summed E-state index contributed by atoms with van der Waals surface area (Å²) in [6, 6.07) is 0.461. The van der Waals surface area contributed by atoms with Gasteiger partial charge in [0.25, 0.3) is 14.3 Å². The maximum Gasteiger partial charge on any atom is 0.501 e. The van der Waals surface area contributed by atoms with Crippen LogP contribution in [0.5, 0.6) is 0 Å². The fraction of sp³-hybridized carbons (Fsp3) is 0.950. The Labute approximate surface area is 170 Å². The van der Waals surface area contributed by atoms with E-state index >= 15 is 0 Å². The fourth-order valence-electron chi connectivity index (χ4n) is 4.15. The van der Waals surface area contributed by atoms with Gasteiger partial charge in [-0.25, -0.2) is 0 Å². The minimum absolute atomic E-state index is 0.125. The average molecular weight is 421 g/mol. The molecule has 0 aliphatic carbocycles. The van der Waals surface area contributed by atoms with E-state index in [0.29, 0.717) is 42.5 Å². The molecule has 0 amide bonds. The first-order valence-electron chi connectivity index (χ1n) is 10.7. The summed E-state index contributed by atoms with van der Waals surface area (Å²) in [6.07, 6.45) is 1.03. The first-order valence-corrected chi connectivity index (χ1v) is 14.8. The second kappa shape index (κ2) is 12.4. The molecule has 0 aliphatic rings. The average Bonchev–Trinajstić information content (AvgIpc) is 2.58. The molecule has 0 saturated heterocycles. The molecule has 0 aromatic carbocycles. The summed E-state index contributed by atoms with van der Waals surface area (Å²) < 4.78 is 24.2. The third-order valence-corrected chi connectivity index (χ3v) is 14.9. The normalized spacial score (nSPS) is 15.3. The van der Waals surface area contributed by atoms with Crippen molar-refractivity contribution in [3.63, 3.8) is 0 Å². The van der Waals surface area contributed by atoms with Gasteiger partial charge in [-0.1, -0.05) is 54.9 Å². The molecule has 2 atom stereocenters. The van der Waals surface area contributed by atoms with Gasteiger partial charge in [-0.05, 0) is 37.4 Å². The predicted molar refractivity (Wildman–Crippen MR) is 116 cm³/mol. The molecule has 7 heteroatoms. The lowest BCUT2D eigenvalue weighted by Gasteiger charge is -2.43. The van der Waals surface area contributed by atoms with E-state index in [2.05, 4.69) is 41.5 Å². The summed E-state index contributed by atoms with van der Waals surface area (Å²) in [7, 11) is -5.14. The third-order valence-electron chi connectivity index (χ3n) is 5.52. The minimum Gasteiger partial charge on any atom is -0.518 e. The monoisotopic (exact) mass is 420 g/mol. The molecule has 2 unspecified atom stereocenters. The van der Waals surface area contributed by atoms with Gasteiger partial charge in [0.1, 0.15) is 0 Å². The molecule has 0 fully saturated rings. The molecule has 5 nitrogen and oxygen atoms in total. The molecule has 0 aliphatic heterocycles. The second-order valence-corrected chi connectivity index (χ2v) is 15.8. The molecule has 162 valence electrons. The Morgan fingerprint density at radius 2 is 1.19 bits per heavy atom. The van der Waals surface area contributed by atoms with E-state index < -0.39 is 17.1 Å². The van der Waals surface area contributed by atoms with Gasteiger partial charge < -0.3 is 17.7 Å². The second-order valence-electron chi connectivity index (χ2n) is 7.98. The van der Waals surface area contributed by atoms with Crippen molar-refractivity contribution in [1.29, 1.82) is 0 Å². The molecule has 0 rings (SSSR count). The number of hydrogen-bond acceptors (Lipinski definition) is 5. The van der Waals surface area contributed by atoms with Gasteiger partial charge in [-0.3, -0.25) is 4.79 Å². The highest BCUT2D eigenvalue weighted by Crippen LogP contribution is 2.44. The highest BCUT2D eigenvalue weighted by molar-refractivity contribution is 6.79. The van der Waals surface area contributed by atoms with Crippen LogP contribution in [0.4, 0.5) is 0 Å². The Morgan fingerprint density at radius 1 is 0.778 bits per heavy atom. The van der Waals surface area contributed by atoms with Crippen molar-refractivity contribution in [3.05, 3.63) is 0 Å². The maximum absolute atomic E-state index is 13.1. The molecule has 0 aromatic heterocycles. The predicted octanol–water partition coefficient (Wildman–Crippen LogP) is 5.78. The zero-order valence-electron chi connectivity index (χ0n) is 19.4. The fourth-order valence-corrected chi connectivity index (χ4v) is 12.5. The number of rotatable bonds is 14. The largest absolute Gasteiger partial charge is 0.518 e. The van der Waals surface area contributed by atoms with Crippen molar-refractivity contribution in [2.45, 2.75) is 98.3 Å². The van der Waals surface area contributed by atoms with Gasteiger partial charge in [0.15, 0.2) is 0 Å². The standard InChI is InChI=1S/C20H44O5Si2/c1-11-19(10)27(16(5)6,17(7)8)25-20(21)18(9)15-26(22-12-2,23-13-3)24-14-4/h16-19H,11-15H2,1-10H3. The molecular formula is C20H44O5Si2. The molecule has 0 radical (unpaired) electrons. The lowest BCUT2D eigenvalue weighted by atomic mass is 10.2. The van der Waals surface area contributed by atoms with E-state index in [-0.39, 0.29) is 11.9 Å². The molecule has 0 aromatic rings. The van der Waals surface area contributed by atoms with Gasteiger partial charge >= 0.3 is 8.80 Å². The summed E-state index contributed by atoms with van der Waals surface area (Å²) >= 11 is 0. The van der Waals surface area contributed by atoms with Crippen LogP contribution in [0.1, 0.15) is 75.7 Å². The lowest BCUT2D eigenvalue weighted by Crippen LogP contribution is -2.52. The Bertz CT molecular complexity index is 404. The quantitative estimate of drug-likeness (QED) is 0.333. The number of carbonyl (C=O) groups is 1. The first-order chi connectivity index (χ1) is 12.6. The highest BCUT2D eigenvalue weighted by atomic mass is 28.4. The van der Waals surface area contributed by atoms with Crippen LogP contribution in [0.3, 0.4) is 0 Å². The van der Waals surface area contributed by atoms with E-state index in [0.717, 1.165) is 6.42 Å². The van der Waals surface area contributed by atoms with Crippen LogP contribution in [0.25, 0.3) is 0 Å². The summed E-state index contributed by atoms with van der Waals surface area (Å²) in [5, 5.41) is 0. The number of carbonyl (C=O) groups excluding carboxylic acids is 1. The van der Waals surface area contributed by atoms with Gasteiger partial charge in [0, 0.05) is 25.9 Å². The van der Waals surface area contributed by atoms with Gasteiger partial charge in [0.05, 0.1) is 5.92 Å². The van der Waals surface area contributed by atoms with E-state index in [1.807, 2.05) is 27.7 Å². The van der Waals surface area contributed by atoms with Gasteiger partial charge in [0.2, 0.25) is 0 Å². The van der Waals surface area contributed by atoms with Crippen LogP contribution >= 0.6 is 0 Å². The van der Waals surface area contributed by atoms with Crippen molar-refractivity contribution < 1.29 is 22.5 Å². The van der Waals surface area contributed by atoms with Crippen LogP contribution in [-0.4, -0.2) is 42.9 Å². The van der Waals surface area contributed by atoms with E-state index in [1.54, 1.807) is 0 Å². The molecule has 0 saturated carbocycles.